The van der Waals surface area contributed by atoms with Gasteiger partial charge in [-0.2, -0.15) is 4.40 Å². The van der Waals surface area contributed by atoms with E-state index in [0.717, 1.165) is 24.8 Å². The number of nitrogens with zero attached hydrogens (tertiary/aromatic N) is 3. The van der Waals surface area contributed by atoms with Gasteiger partial charge >= 0.3 is 6.03 Å². The van der Waals surface area contributed by atoms with E-state index < -0.39 is 11.2 Å². The minimum absolute atomic E-state index is 0.0455. The Hall–Kier alpha value is -3.14. The molecule has 1 aromatic carbocycles. The number of ether oxygens (including phenoxy) is 1. The maximum absolute atomic E-state index is 12.8. The van der Waals surface area contributed by atoms with Crippen LogP contribution in [0.15, 0.2) is 47.1 Å². The summed E-state index contributed by atoms with van der Waals surface area (Å²) >= 11 is -1.59. The minimum Gasteiger partial charge on any atom is -0.491 e. The third kappa shape index (κ3) is 5.76. The van der Waals surface area contributed by atoms with Crippen LogP contribution in [0.1, 0.15) is 44.2 Å². The summed E-state index contributed by atoms with van der Waals surface area (Å²) in [6.45, 7) is 5.48. The number of nitrogens with two attached hydrogens (primary N) is 1. The number of urea groups is 1. The third-order valence-corrected chi connectivity index (χ3v) is 5.93. The predicted molar refractivity (Wildman–Crippen MR) is 127 cm³/mol. The van der Waals surface area contributed by atoms with E-state index in [4.69, 9.17) is 10.5 Å². The Balaban J connectivity index is 0.00000141. The number of hydrogen-bond donors (Lipinski definition) is 3. The fourth-order valence-corrected chi connectivity index (χ4v) is 4.33. The van der Waals surface area contributed by atoms with Crippen molar-refractivity contribution in [2.45, 2.75) is 45.7 Å². The molecular weight excluding hydrogens is 428 g/mol. The first-order valence-corrected chi connectivity index (χ1v) is 11.9. The maximum Gasteiger partial charge on any atom is 0.318 e. The molecule has 4 rings (SSSR count). The van der Waals surface area contributed by atoms with Gasteiger partial charge < -0.3 is 20.7 Å². The molecule has 32 heavy (non-hydrogen) atoms. The van der Waals surface area contributed by atoms with Crippen LogP contribution in [-0.2, 0) is 17.7 Å². The van der Waals surface area contributed by atoms with Crippen molar-refractivity contribution in [2.24, 2.45) is 10.1 Å². The predicted octanol–water partition coefficient (Wildman–Crippen LogP) is 2.96. The van der Waals surface area contributed by atoms with Gasteiger partial charge in [-0.3, -0.25) is 9.71 Å². The van der Waals surface area contributed by atoms with Crippen molar-refractivity contribution in [3.63, 3.8) is 0 Å². The van der Waals surface area contributed by atoms with Crippen LogP contribution in [0.3, 0.4) is 0 Å². The number of benzene rings is 1. The molecule has 9 nitrogen and oxygen atoms in total. The number of hydrogen-bond acceptors (Lipinski definition) is 5. The molecule has 2 amide bonds. The monoisotopic (exact) mass is 458 g/mol. The highest BCUT2D eigenvalue weighted by atomic mass is 32.2. The fraction of sp³-hybridized carbons (Fsp3) is 0.409. The molecule has 3 heterocycles. The zero-order chi connectivity index (χ0) is 22.9. The molecule has 0 spiro atoms. The molecule has 0 radical (unpaired) electrons. The second-order valence-corrected chi connectivity index (χ2v) is 8.06. The Kier molecular flexibility index (Phi) is 8.43. The second-order valence-electron chi connectivity index (χ2n) is 7.17. The molecule has 0 saturated carbocycles. The van der Waals surface area contributed by atoms with Gasteiger partial charge in [-0.1, -0.05) is 19.9 Å². The molecule has 172 valence electrons. The number of anilines is 1. The van der Waals surface area contributed by atoms with Crippen LogP contribution < -0.4 is 20.5 Å². The number of carbonyl (C=O) groups is 1. The molecule has 1 fully saturated rings. The molecule has 4 N–H and O–H groups in total. The summed E-state index contributed by atoms with van der Waals surface area (Å²) in [6.07, 6.45) is 6.29. The Bertz CT molecular complexity index is 969. The SMILES string of the molecule is CC.NC1=NS(=O)Nc2cccc(OCC3CCCCN3C(=O)NCc3ccncc3)c21. The summed E-state index contributed by atoms with van der Waals surface area (Å²) in [6, 6.07) is 8.99. The Morgan fingerprint density at radius 1 is 1.28 bits per heavy atom. The van der Waals surface area contributed by atoms with E-state index in [2.05, 4.69) is 19.4 Å². The summed E-state index contributed by atoms with van der Waals surface area (Å²) in [5.74, 6) is 0.731. The van der Waals surface area contributed by atoms with Crippen molar-refractivity contribution < 1.29 is 13.7 Å². The van der Waals surface area contributed by atoms with Crippen LogP contribution in [-0.4, -0.2) is 45.2 Å². The molecule has 0 aliphatic carbocycles. The van der Waals surface area contributed by atoms with Gasteiger partial charge in [0.1, 0.15) is 18.2 Å². The van der Waals surface area contributed by atoms with Crippen LogP contribution in [0.25, 0.3) is 0 Å². The van der Waals surface area contributed by atoms with Crippen molar-refractivity contribution in [3.8, 4) is 5.75 Å². The zero-order valence-electron chi connectivity index (χ0n) is 18.4. The molecule has 1 aromatic heterocycles. The summed E-state index contributed by atoms with van der Waals surface area (Å²) in [5.41, 5.74) is 8.19. The van der Waals surface area contributed by atoms with Crippen LogP contribution in [0.4, 0.5) is 10.5 Å². The Morgan fingerprint density at radius 2 is 2.06 bits per heavy atom. The average Bonchev–Trinajstić information content (AvgIpc) is 2.83. The van der Waals surface area contributed by atoms with Crippen LogP contribution in [0.5, 0.6) is 5.75 Å². The van der Waals surface area contributed by atoms with E-state index in [1.807, 2.05) is 30.9 Å². The molecule has 2 atom stereocenters. The molecule has 1 saturated heterocycles. The number of fused-ring (bicyclic) bond motifs is 1. The summed E-state index contributed by atoms with van der Waals surface area (Å²) in [5, 5.41) is 2.98. The quantitative estimate of drug-likeness (QED) is 0.636. The molecule has 10 heteroatoms. The van der Waals surface area contributed by atoms with E-state index in [1.165, 1.54) is 0 Å². The van der Waals surface area contributed by atoms with Crippen LogP contribution in [0.2, 0.25) is 0 Å². The first kappa shape index (κ1) is 23.5. The number of carbonyl (C=O) groups excluding carboxylic acids is 1. The first-order chi connectivity index (χ1) is 15.6. The van der Waals surface area contributed by atoms with Gasteiger partial charge in [-0.05, 0) is 49.1 Å². The first-order valence-electron chi connectivity index (χ1n) is 10.8. The smallest absolute Gasteiger partial charge is 0.318 e. The van der Waals surface area contributed by atoms with Gasteiger partial charge in [-0.15, -0.1) is 0 Å². The van der Waals surface area contributed by atoms with Gasteiger partial charge in [0.25, 0.3) is 0 Å². The highest BCUT2D eigenvalue weighted by molar-refractivity contribution is 7.85. The number of rotatable bonds is 5. The zero-order valence-corrected chi connectivity index (χ0v) is 19.2. The van der Waals surface area contributed by atoms with E-state index in [1.54, 1.807) is 30.6 Å². The number of amides is 2. The molecule has 0 bridgehead atoms. The molecule has 2 aliphatic rings. The number of aromatic nitrogens is 1. The van der Waals surface area contributed by atoms with Crippen LogP contribution >= 0.6 is 0 Å². The maximum atomic E-state index is 12.8. The largest absolute Gasteiger partial charge is 0.491 e. The van der Waals surface area contributed by atoms with E-state index in [-0.39, 0.29) is 17.9 Å². The van der Waals surface area contributed by atoms with Crippen molar-refractivity contribution in [1.29, 1.82) is 0 Å². The van der Waals surface area contributed by atoms with E-state index in [9.17, 15) is 9.00 Å². The summed E-state index contributed by atoms with van der Waals surface area (Å²) in [7, 11) is 0. The normalized spacial score (nSPS) is 19.4. The lowest BCUT2D eigenvalue weighted by Crippen LogP contribution is -2.50. The highest BCUT2D eigenvalue weighted by Gasteiger charge is 2.28. The standard InChI is InChI=1S/C20H24N6O3S.C2H6/c21-19-18-16(24-30(28)25-19)5-3-6-17(18)29-13-15-4-1-2-11-26(15)20(27)23-12-14-7-9-22-10-8-14;1-2/h3,5-10,15,24H,1-2,4,11-13H2,(H2,21,25)(H,23,27);1-2H3. The van der Waals surface area contributed by atoms with Gasteiger partial charge in [0.05, 0.1) is 17.3 Å². The van der Waals surface area contributed by atoms with Crippen LogP contribution in [0, 0.1) is 0 Å². The lowest BCUT2D eigenvalue weighted by atomic mass is 10.0. The molecule has 2 aromatic rings. The van der Waals surface area contributed by atoms with Gasteiger partial charge in [0, 0.05) is 25.5 Å². The lowest BCUT2D eigenvalue weighted by Gasteiger charge is -2.35. The number of pyridine rings is 1. The highest BCUT2D eigenvalue weighted by Crippen LogP contribution is 2.30. The van der Waals surface area contributed by atoms with E-state index >= 15 is 0 Å². The fourth-order valence-electron chi connectivity index (χ4n) is 3.66. The van der Waals surface area contributed by atoms with Crippen molar-refractivity contribution >= 4 is 28.7 Å². The summed E-state index contributed by atoms with van der Waals surface area (Å²) < 4.78 is 24.4. The van der Waals surface area contributed by atoms with Gasteiger partial charge in [-0.25, -0.2) is 9.00 Å². The van der Waals surface area contributed by atoms with Gasteiger partial charge in [0.2, 0.25) is 11.2 Å². The minimum atomic E-state index is -1.59. The Labute approximate surface area is 191 Å². The number of likely N-dealkylation sites (tertiary alicyclic amines) is 1. The third-order valence-electron chi connectivity index (χ3n) is 5.17. The summed E-state index contributed by atoms with van der Waals surface area (Å²) in [4.78, 5) is 18.6. The molecule has 2 unspecified atom stereocenters. The lowest BCUT2D eigenvalue weighted by molar-refractivity contribution is 0.116. The molecule has 2 aliphatic heterocycles. The van der Waals surface area contributed by atoms with Crippen molar-refractivity contribution in [2.75, 3.05) is 17.9 Å². The Morgan fingerprint density at radius 3 is 2.84 bits per heavy atom. The second kappa shape index (κ2) is 11.5. The molecular formula is C22H30N6O3S. The number of nitrogens with one attached hydrogen (secondary N) is 2. The number of amidine groups is 1. The topological polar surface area (TPSA) is 122 Å². The van der Waals surface area contributed by atoms with Crippen molar-refractivity contribution in [3.05, 3.63) is 53.9 Å². The average molecular weight is 459 g/mol. The van der Waals surface area contributed by atoms with Gasteiger partial charge in [0.15, 0.2) is 0 Å². The van der Waals surface area contributed by atoms with Crippen molar-refractivity contribution in [1.82, 2.24) is 15.2 Å². The number of piperidine rings is 1. The van der Waals surface area contributed by atoms with E-state index in [0.29, 0.717) is 36.7 Å².